The van der Waals surface area contributed by atoms with Crippen molar-refractivity contribution in [2.45, 2.75) is 63.4 Å². The highest BCUT2D eigenvalue weighted by molar-refractivity contribution is 6.42. The van der Waals surface area contributed by atoms with Crippen LogP contribution < -0.4 is 0 Å². The smallest absolute Gasteiger partial charge is 0.344 e. The molecule has 0 aliphatic heterocycles. The van der Waals surface area contributed by atoms with Crippen molar-refractivity contribution in [3.8, 4) is 0 Å². The molecule has 0 N–H and O–H groups in total. The molecule has 0 unspecified atom stereocenters. The number of benzene rings is 1. The van der Waals surface area contributed by atoms with E-state index in [2.05, 4.69) is 10.0 Å². The van der Waals surface area contributed by atoms with E-state index in [1.807, 2.05) is 6.92 Å². The Morgan fingerprint density at radius 1 is 1.21 bits per heavy atom. The van der Waals surface area contributed by atoms with Gasteiger partial charge < -0.3 is 14.2 Å². The third-order valence-electron chi connectivity index (χ3n) is 6.31. The van der Waals surface area contributed by atoms with Gasteiger partial charge in [0, 0.05) is 16.7 Å². The zero-order valence-electron chi connectivity index (χ0n) is 18.6. The summed E-state index contributed by atoms with van der Waals surface area (Å²) in [5.74, 6) is -4.13. The highest BCUT2D eigenvalue weighted by Crippen LogP contribution is 2.70. The summed E-state index contributed by atoms with van der Waals surface area (Å²) in [6, 6.07) is 5.05. The van der Waals surface area contributed by atoms with E-state index in [4.69, 9.17) is 37.4 Å². The normalized spacial score (nSPS) is 30.7. The number of azide groups is 1. The van der Waals surface area contributed by atoms with E-state index in [0.29, 0.717) is 22.0 Å². The third kappa shape index (κ3) is 4.28. The molecule has 6 atom stereocenters. The number of rotatable bonds is 10. The number of alkyl halides is 1. The molecule has 2 aliphatic carbocycles. The van der Waals surface area contributed by atoms with Gasteiger partial charge in [-0.3, -0.25) is 4.79 Å². The first-order valence-electron chi connectivity index (χ1n) is 10.9. The van der Waals surface area contributed by atoms with Gasteiger partial charge in [-0.2, -0.15) is 0 Å². The fourth-order valence-corrected chi connectivity index (χ4v) is 5.19. The van der Waals surface area contributed by atoms with Gasteiger partial charge in [-0.1, -0.05) is 47.7 Å². The van der Waals surface area contributed by atoms with Crippen LogP contribution in [0.1, 0.15) is 51.7 Å². The van der Waals surface area contributed by atoms with Crippen LogP contribution in [0, 0.1) is 11.8 Å². The van der Waals surface area contributed by atoms with Gasteiger partial charge in [-0.25, -0.2) is 9.18 Å². The Morgan fingerprint density at radius 2 is 1.88 bits per heavy atom. The van der Waals surface area contributed by atoms with E-state index in [1.54, 1.807) is 32.0 Å². The molecule has 0 aromatic heterocycles. The summed E-state index contributed by atoms with van der Waals surface area (Å²) in [5.41, 5.74) is 5.55. The number of ether oxygens (including phenoxy) is 3. The van der Waals surface area contributed by atoms with E-state index in [-0.39, 0.29) is 19.6 Å². The van der Waals surface area contributed by atoms with Crippen LogP contribution in [0.15, 0.2) is 23.3 Å². The Labute approximate surface area is 201 Å². The van der Waals surface area contributed by atoms with E-state index in [1.165, 1.54) is 0 Å². The van der Waals surface area contributed by atoms with E-state index >= 15 is 4.39 Å². The molecule has 0 radical (unpaired) electrons. The molecule has 11 heteroatoms. The van der Waals surface area contributed by atoms with Crippen molar-refractivity contribution in [3.63, 3.8) is 0 Å². The minimum atomic E-state index is -2.44. The summed E-state index contributed by atoms with van der Waals surface area (Å²) < 4.78 is 32.1. The topological polar surface area (TPSA) is 111 Å². The van der Waals surface area contributed by atoms with Gasteiger partial charge in [-0.15, -0.1) is 0 Å². The van der Waals surface area contributed by atoms with Crippen molar-refractivity contribution >= 4 is 35.1 Å². The fraction of sp³-hybridized carbons (Fsp3) is 0.636. The Kier molecular flexibility index (Phi) is 7.79. The van der Waals surface area contributed by atoms with Gasteiger partial charge >= 0.3 is 11.9 Å². The first-order chi connectivity index (χ1) is 15.7. The van der Waals surface area contributed by atoms with Crippen LogP contribution in [0.5, 0.6) is 0 Å². The minimum absolute atomic E-state index is 0.0145. The van der Waals surface area contributed by atoms with Crippen molar-refractivity contribution in [2.75, 3.05) is 13.2 Å². The molecule has 2 aliphatic rings. The second-order valence-electron chi connectivity index (χ2n) is 8.12. The molecule has 0 bridgehead atoms. The molecule has 2 fully saturated rings. The Hall–Kier alpha value is -2.06. The van der Waals surface area contributed by atoms with Crippen LogP contribution >= 0.6 is 23.2 Å². The summed E-state index contributed by atoms with van der Waals surface area (Å²) in [4.78, 5) is 28.3. The lowest BCUT2D eigenvalue weighted by Gasteiger charge is -2.35. The molecule has 0 saturated heterocycles. The highest BCUT2D eigenvalue weighted by Gasteiger charge is 2.86. The summed E-state index contributed by atoms with van der Waals surface area (Å²) in [7, 11) is 0. The summed E-state index contributed by atoms with van der Waals surface area (Å²) in [6.07, 6.45) is -0.274. The zero-order chi connectivity index (χ0) is 24.4. The van der Waals surface area contributed by atoms with Gasteiger partial charge in [0.1, 0.15) is 0 Å². The molecule has 2 saturated carbocycles. The van der Waals surface area contributed by atoms with Crippen LogP contribution in [0.3, 0.4) is 0 Å². The lowest BCUT2D eigenvalue weighted by molar-refractivity contribution is -0.165. The average molecular weight is 502 g/mol. The molecule has 180 valence electrons. The molecule has 33 heavy (non-hydrogen) atoms. The lowest BCUT2D eigenvalue weighted by atomic mass is 9.87. The Balaban J connectivity index is 2.01. The van der Waals surface area contributed by atoms with Gasteiger partial charge in [-0.05, 0) is 49.9 Å². The first-order valence-corrected chi connectivity index (χ1v) is 11.7. The molecule has 3 rings (SSSR count). The van der Waals surface area contributed by atoms with Crippen molar-refractivity contribution in [3.05, 3.63) is 44.3 Å². The fourth-order valence-electron chi connectivity index (χ4n) is 4.88. The quantitative estimate of drug-likeness (QED) is 0.175. The average Bonchev–Trinajstić information content (AvgIpc) is 3.23. The maximum Gasteiger partial charge on any atom is 0.344 e. The number of fused-ring (bicyclic) bond motifs is 1. The van der Waals surface area contributed by atoms with Crippen LogP contribution in [0.25, 0.3) is 10.4 Å². The molecule has 8 nitrogen and oxygen atoms in total. The molecule has 1 aromatic carbocycles. The third-order valence-corrected chi connectivity index (χ3v) is 7.05. The van der Waals surface area contributed by atoms with Crippen molar-refractivity contribution in [2.24, 2.45) is 17.0 Å². The van der Waals surface area contributed by atoms with Gasteiger partial charge in [0.05, 0.1) is 35.5 Å². The first kappa shape index (κ1) is 25.6. The molecular formula is C22H26Cl2FN3O5. The maximum absolute atomic E-state index is 15.7. The van der Waals surface area contributed by atoms with Crippen LogP contribution in [0.4, 0.5) is 4.39 Å². The number of esters is 2. The van der Waals surface area contributed by atoms with Gasteiger partial charge in [0.15, 0.2) is 5.54 Å². The number of nitrogens with zero attached hydrogens (tertiary/aromatic N) is 3. The molecule has 1 aromatic rings. The van der Waals surface area contributed by atoms with Crippen LogP contribution in [-0.4, -0.2) is 42.5 Å². The van der Waals surface area contributed by atoms with E-state index in [0.717, 1.165) is 6.42 Å². The largest absolute Gasteiger partial charge is 0.465 e. The van der Waals surface area contributed by atoms with Crippen molar-refractivity contribution < 1.29 is 28.2 Å². The zero-order valence-corrected chi connectivity index (χ0v) is 20.1. The van der Waals surface area contributed by atoms with Gasteiger partial charge in [0.2, 0.25) is 5.67 Å². The minimum Gasteiger partial charge on any atom is -0.465 e. The lowest BCUT2D eigenvalue weighted by Crippen LogP contribution is -2.53. The summed E-state index contributed by atoms with van der Waals surface area (Å²) >= 11 is 12.2. The molecular weight excluding hydrogens is 476 g/mol. The predicted molar refractivity (Wildman–Crippen MR) is 120 cm³/mol. The molecule has 0 amide bonds. The SMILES string of the molecule is CCC[C@H](O[C@@H]1C[C@@H]2[C@@H]([C@@]2(F)C(=O)OCC)[C@]1(N=[N+]=[N-])C(=O)OCC)c1ccc(Cl)c(Cl)c1. The van der Waals surface area contributed by atoms with Gasteiger partial charge in [0.25, 0.3) is 0 Å². The standard InChI is InChI=1S/C22H26Cl2FN3O5/c1-4-7-16(12-8-9-14(23)15(24)10-12)33-17-11-13-18(21(13,25)19(29)31-5-2)22(17,27-28-26)20(30)32-6-3/h8-10,13,16-18H,4-7,11H2,1-3H3/t13-,16+,17-,18+,21-,22+/m1/s1. The number of carbonyl (C=O) groups is 2. The second-order valence-corrected chi connectivity index (χ2v) is 8.93. The molecule has 0 spiro atoms. The van der Waals surface area contributed by atoms with Crippen LogP contribution in [0.2, 0.25) is 10.0 Å². The number of halogens is 3. The summed E-state index contributed by atoms with van der Waals surface area (Å²) in [5, 5.41) is 4.46. The number of carbonyl (C=O) groups excluding carboxylic acids is 2. The van der Waals surface area contributed by atoms with Crippen molar-refractivity contribution in [1.29, 1.82) is 0 Å². The maximum atomic E-state index is 15.7. The van der Waals surface area contributed by atoms with Crippen LogP contribution in [-0.2, 0) is 23.8 Å². The highest BCUT2D eigenvalue weighted by atomic mass is 35.5. The number of hydrogen-bond donors (Lipinski definition) is 0. The van der Waals surface area contributed by atoms with E-state index < -0.39 is 47.2 Å². The number of hydrogen-bond acceptors (Lipinski definition) is 6. The monoisotopic (exact) mass is 501 g/mol. The predicted octanol–water partition coefficient (Wildman–Crippen LogP) is 5.75. The summed E-state index contributed by atoms with van der Waals surface area (Å²) in [6.45, 7) is 5.06. The second kappa shape index (κ2) is 10.1. The van der Waals surface area contributed by atoms with Crippen molar-refractivity contribution in [1.82, 2.24) is 0 Å². The Bertz CT molecular complexity index is 975. The Morgan fingerprint density at radius 3 is 2.45 bits per heavy atom. The van der Waals surface area contributed by atoms with E-state index in [9.17, 15) is 15.1 Å². The molecule has 0 heterocycles.